The summed E-state index contributed by atoms with van der Waals surface area (Å²) in [5, 5.41) is 11.4. The molecule has 0 aliphatic rings. The van der Waals surface area contributed by atoms with Crippen LogP contribution in [0.15, 0.2) is 54.7 Å². The van der Waals surface area contributed by atoms with Gasteiger partial charge in [0.1, 0.15) is 5.82 Å². The van der Waals surface area contributed by atoms with Crippen LogP contribution in [0, 0.1) is 5.82 Å². The molecule has 0 amide bonds. The van der Waals surface area contributed by atoms with Gasteiger partial charge in [-0.2, -0.15) is 0 Å². The van der Waals surface area contributed by atoms with Gasteiger partial charge in [-0.3, -0.25) is 4.98 Å². The molecule has 4 heteroatoms. The van der Waals surface area contributed by atoms with Crippen molar-refractivity contribution in [3.63, 3.8) is 0 Å². The van der Waals surface area contributed by atoms with Crippen molar-refractivity contribution in [1.82, 2.24) is 4.98 Å². The van der Waals surface area contributed by atoms with Crippen LogP contribution in [0.25, 0.3) is 10.9 Å². The highest BCUT2D eigenvalue weighted by atomic mass is 35.5. The van der Waals surface area contributed by atoms with E-state index in [1.807, 2.05) is 30.3 Å². The van der Waals surface area contributed by atoms with Crippen molar-refractivity contribution in [3.8, 4) is 0 Å². The fraction of sp³-hybridized carbons (Fsp3) is 0.118. The maximum Gasteiger partial charge on any atom is 0.145 e. The lowest BCUT2D eigenvalue weighted by atomic mass is 9.98. The summed E-state index contributed by atoms with van der Waals surface area (Å²) in [4.78, 5) is 4.30. The van der Waals surface area contributed by atoms with E-state index < -0.39 is 11.9 Å². The molecule has 0 radical (unpaired) electrons. The first kappa shape index (κ1) is 14.0. The number of aliphatic hydroxyl groups excluding tert-OH is 1. The van der Waals surface area contributed by atoms with Crippen molar-refractivity contribution in [1.29, 1.82) is 0 Å². The Bertz CT molecular complexity index is 785. The van der Waals surface area contributed by atoms with Gasteiger partial charge in [0.05, 0.1) is 16.6 Å². The van der Waals surface area contributed by atoms with Crippen LogP contribution in [0.2, 0.25) is 5.02 Å². The maximum absolute atomic E-state index is 13.9. The number of hydrogen-bond donors (Lipinski definition) is 1. The number of aliphatic hydroxyl groups is 1. The highest BCUT2D eigenvalue weighted by Crippen LogP contribution is 2.27. The molecule has 0 fully saturated rings. The van der Waals surface area contributed by atoms with E-state index in [0.29, 0.717) is 11.1 Å². The first-order chi connectivity index (χ1) is 10.2. The fourth-order valence-electron chi connectivity index (χ4n) is 2.42. The smallest absolute Gasteiger partial charge is 0.145 e. The minimum absolute atomic E-state index is 0.0655. The van der Waals surface area contributed by atoms with Crippen LogP contribution in [0.5, 0.6) is 0 Å². The summed E-state index contributed by atoms with van der Waals surface area (Å²) in [5.74, 6) is -0.480. The van der Waals surface area contributed by atoms with E-state index in [-0.39, 0.29) is 11.4 Å². The molecule has 0 saturated carbocycles. The predicted molar refractivity (Wildman–Crippen MR) is 81.8 cm³/mol. The van der Waals surface area contributed by atoms with Crippen LogP contribution in [0.3, 0.4) is 0 Å². The summed E-state index contributed by atoms with van der Waals surface area (Å²) in [5.41, 5.74) is 1.81. The third-order valence-corrected chi connectivity index (χ3v) is 3.76. The largest absolute Gasteiger partial charge is 0.388 e. The molecule has 1 aromatic heterocycles. The Labute approximate surface area is 126 Å². The van der Waals surface area contributed by atoms with Gasteiger partial charge in [-0.25, -0.2) is 4.39 Å². The van der Waals surface area contributed by atoms with Gasteiger partial charge in [0, 0.05) is 23.6 Å². The second kappa shape index (κ2) is 5.80. The lowest BCUT2D eigenvalue weighted by Gasteiger charge is -2.14. The lowest BCUT2D eigenvalue weighted by Crippen LogP contribution is -2.05. The van der Waals surface area contributed by atoms with Crippen LogP contribution in [0.1, 0.15) is 17.2 Å². The van der Waals surface area contributed by atoms with Gasteiger partial charge >= 0.3 is 0 Å². The van der Waals surface area contributed by atoms with Crippen molar-refractivity contribution in [2.45, 2.75) is 12.5 Å². The minimum Gasteiger partial charge on any atom is -0.388 e. The molecule has 0 aliphatic carbocycles. The Morgan fingerprint density at radius 1 is 1.10 bits per heavy atom. The number of hydrogen-bond acceptors (Lipinski definition) is 2. The van der Waals surface area contributed by atoms with Crippen molar-refractivity contribution >= 4 is 22.5 Å². The van der Waals surface area contributed by atoms with E-state index in [0.717, 1.165) is 10.9 Å². The van der Waals surface area contributed by atoms with Crippen molar-refractivity contribution < 1.29 is 9.50 Å². The summed E-state index contributed by atoms with van der Waals surface area (Å²) in [6.45, 7) is 0. The standard InChI is InChI=1S/C17H13ClFNO/c18-14-8-2-5-12(16(14)19)10-15(21)13-7-1-4-11-6-3-9-20-17(11)13/h1-9,15,21H,10H2. The van der Waals surface area contributed by atoms with Gasteiger partial charge in [0.2, 0.25) is 0 Å². The molecule has 3 aromatic rings. The molecule has 106 valence electrons. The van der Waals surface area contributed by atoms with E-state index in [2.05, 4.69) is 4.98 Å². The molecule has 1 heterocycles. The third-order valence-electron chi connectivity index (χ3n) is 3.47. The fourth-order valence-corrected chi connectivity index (χ4v) is 2.62. The quantitative estimate of drug-likeness (QED) is 0.782. The lowest BCUT2D eigenvalue weighted by molar-refractivity contribution is 0.178. The molecule has 0 aliphatic heterocycles. The Morgan fingerprint density at radius 3 is 2.71 bits per heavy atom. The summed E-state index contributed by atoms with van der Waals surface area (Å²) in [7, 11) is 0. The topological polar surface area (TPSA) is 33.1 Å². The molecule has 3 rings (SSSR count). The maximum atomic E-state index is 13.9. The first-order valence-electron chi connectivity index (χ1n) is 6.61. The monoisotopic (exact) mass is 301 g/mol. The van der Waals surface area contributed by atoms with Gasteiger partial charge in [-0.05, 0) is 17.7 Å². The SMILES string of the molecule is OC(Cc1cccc(Cl)c1F)c1cccc2cccnc12. The highest BCUT2D eigenvalue weighted by molar-refractivity contribution is 6.30. The summed E-state index contributed by atoms with van der Waals surface area (Å²) in [6, 6.07) is 14.2. The number of rotatable bonds is 3. The van der Waals surface area contributed by atoms with Crippen LogP contribution in [-0.2, 0) is 6.42 Å². The molecule has 21 heavy (non-hydrogen) atoms. The van der Waals surface area contributed by atoms with Crippen molar-refractivity contribution in [3.05, 3.63) is 76.7 Å². The number of para-hydroxylation sites is 1. The molecule has 0 saturated heterocycles. The molecule has 2 aromatic carbocycles. The van der Waals surface area contributed by atoms with Gasteiger partial charge in [-0.15, -0.1) is 0 Å². The van der Waals surface area contributed by atoms with Crippen LogP contribution in [0.4, 0.5) is 4.39 Å². The average molecular weight is 302 g/mol. The zero-order valence-electron chi connectivity index (χ0n) is 11.1. The van der Waals surface area contributed by atoms with Crippen LogP contribution in [-0.4, -0.2) is 10.1 Å². The third kappa shape index (κ3) is 2.75. The Balaban J connectivity index is 1.97. The van der Waals surface area contributed by atoms with E-state index in [1.165, 1.54) is 6.07 Å². The number of nitrogens with zero attached hydrogens (tertiary/aromatic N) is 1. The van der Waals surface area contributed by atoms with Crippen LogP contribution >= 0.6 is 11.6 Å². The molecular formula is C17H13ClFNO. The van der Waals surface area contributed by atoms with E-state index in [1.54, 1.807) is 18.3 Å². The molecular weight excluding hydrogens is 289 g/mol. The molecule has 2 nitrogen and oxygen atoms in total. The summed E-state index contributed by atoms with van der Waals surface area (Å²) in [6.07, 6.45) is 0.997. The number of fused-ring (bicyclic) bond motifs is 1. The van der Waals surface area contributed by atoms with Gasteiger partial charge in [-0.1, -0.05) is 48.0 Å². The van der Waals surface area contributed by atoms with E-state index in [4.69, 9.17) is 11.6 Å². The predicted octanol–water partition coefficient (Wildman–Crippen LogP) is 4.30. The van der Waals surface area contributed by atoms with Crippen molar-refractivity contribution in [2.24, 2.45) is 0 Å². The molecule has 1 atom stereocenters. The number of aromatic nitrogens is 1. The number of pyridine rings is 1. The normalized spacial score (nSPS) is 12.5. The second-order valence-electron chi connectivity index (χ2n) is 4.86. The zero-order valence-corrected chi connectivity index (χ0v) is 11.9. The Kier molecular flexibility index (Phi) is 3.86. The van der Waals surface area contributed by atoms with Crippen molar-refractivity contribution in [2.75, 3.05) is 0 Å². The molecule has 0 spiro atoms. The van der Waals surface area contributed by atoms with E-state index in [9.17, 15) is 9.50 Å². The summed E-state index contributed by atoms with van der Waals surface area (Å²) < 4.78 is 13.9. The van der Waals surface area contributed by atoms with Crippen LogP contribution < -0.4 is 0 Å². The first-order valence-corrected chi connectivity index (χ1v) is 6.99. The number of benzene rings is 2. The second-order valence-corrected chi connectivity index (χ2v) is 5.26. The highest BCUT2D eigenvalue weighted by Gasteiger charge is 2.16. The molecule has 1 N–H and O–H groups in total. The van der Waals surface area contributed by atoms with Gasteiger partial charge < -0.3 is 5.11 Å². The molecule has 0 bridgehead atoms. The Morgan fingerprint density at radius 2 is 1.86 bits per heavy atom. The Hall–Kier alpha value is -1.97. The van der Waals surface area contributed by atoms with Gasteiger partial charge in [0.15, 0.2) is 0 Å². The molecule has 1 unspecified atom stereocenters. The average Bonchev–Trinajstić information content (AvgIpc) is 2.51. The minimum atomic E-state index is -0.837. The summed E-state index contributed by atoms with van der Waals surface area (Å²) >= 11 is 5.77. The van der Waals surface area contributed by atoms with Gasteiger partial charge in [0.25, 0.3) is 0 Å². The number of halogens is 2. The van der Waals surface area contributed by atoms with E-state index >= 15 is 0 Å². The zero-order chi connectivity index (χ0) is 14.8.